The molecule has 2 saturated heterocycles. The van der Waals surface area contributed by atoms with Crippen LogP contribution in [0, 0.1) is 0 Å². The minimum atomic E-state index is 0.107. The molecule has 0 unspecified atom stereocenters. The van der Waals surface area contributed by atoms with Gasteiger partial charge in [0, 0.05) is 56.1 Å². The number of carbonyl (C=O) groups excluding carboxylic acids is 1. The Morgan fingerprint density at radius 3 is 2.68 bits per heavy atom. The topological polar surface area (TPSA) is 71.5 Å². The maximum atomic E-state index is 13.3. The standard InChI is InChI=1S/C20H21N5O2S/c26-19(24-9-11-27-12-10-24)17-16(15-3-1-5-21-18(15)28-17)14-4-8-25(13-14)20-22-6-2-7-23-20/h1-3,5-7,14H,4,8-13H2/t14-/m1/s1. The Labute approximate surface area is 167 Å². The van der Waals surface area contributed by atoms with Crippen LogP contribution in [0.1, 0.15) is 27.6 Å². The molecule has 28 heavy (non-hydrogen) atoms. The van der Waals surface area contributed by atoms with E-state index in [9.17, 15) is 4.79 Å². The van der Waals surface area contributed by atoms with Crippen LogP contribution in [0.2, 0.25) is 0 Å². The predicted octanol–water partition coefficient (Wildman–Crippen LogP) is 2.55. The number of aromatic nitrogens is 3. The first-order valence-corrected chi connectivity index (χ1v) is 10.4. The second-order valence-corrected chi connectivity index (χ2v) is 8.09. The number of rotatable bonds is 3. The Balaban J connectivity index is 1.50. The lowest BCUT2D eigenvalue weighted by atomic mass is 9.95. The second-order valence-electron chi connectivity index (χ2n) is 7.09. The van der Waals surface area contributed by atoms with Gasteiger partial charge in [-0.15, -0.1) is 11.3 Å². The maximum absolute atomic E-state index is 13.3. The molecular formula is C20H21N5O2S. The molecule has 1 amide bonds. The molecular weight excluding hydrogens is 374 g/mol. The summed E-state index contributed by atoms with van der Waals surface area (Å²) in [7, 11) is 0. The number of nitrogens with zero attached hydrogens (tertiary/aromatic N) is 5. The molecule has 2 fully saturated rings. The van der Waals surface area contributed by atoms with E-state index in [-0.39, 0.29) is 11.8 Å². The molecule has 5 heterocycles. The molecule has 3 aromatic rings. The smallest absolute Gasteiger partial charge is 0.264 e. The first kappa shape index (κ1) is 17.5. The van der Waals surface area contributed by atoms with Crippen molar-refractivity contribution in [1.29, 1.82) is 0 Å². The number of fused-ring (bicyclic) bond motifs is 1. The van der Waals surface area contributed by atoms with Crippen molar-refractivity contribution in [1.82, 2.24) is 19.9 Å². The molecule has 144 valence electrons. The minimum Gasteiger partial charge on any atom is -0.378 e. The average molecular weight is 395 g/mol. The van der Waals surface area contributed by atoms with E-state index in [0.29, 0.717) is 26.3 Å². The third-order valence-electron chi connectivity index (χ3n) is 5.43. The van der Waals surface area contributed by atoms with Gasteiger partial charge in [-0.3, -0.25) is 4.79 Å². The summed E-state index contributed by atoms with van der Waals surface area (Å²) in [6.07, 6.45) is 6.31. The molecule has 0 N–H and O–H groups in total. The van der Waals surface area contributed by atoms with Crippen LogP contribution in [0.5, 0.6) is 0 Å². The van der Waals surface area contributed by atoms with Crippen LogP contribution in [0.3, 0.4) is 0 Å². The Morgan fingerprint density at radius 2 is 1.86 bits per heavy atom. The zero-order valence-electron chi connectivity index (χ0n) is 15.5. The second kappa shape index (κ2) is 7.44. The Kier molecular flexibility index (Phi) is 4.66. The van der Waals surface area contributed by atoms with Gasteiger partial charge in [0.25, 0.3) is 5.91 Å². The Bertz CT molecular complexity index is 987. The van der Waals surface area contributed by atoms with Crippen LogP contribution in [-0.2, 0) is 4.74 Å². The third-order valence-corrected chi connectivity index (χ3v) is 6.55. The minimum absolute atomic E-state index is 0.107. The fourth-order valence-electron chi connectivity index (χ4n) is 4.06. The summed E-state index contributed by atoms with van der Waals surface area (Å²) < 4.78 is 5.41. The van der Waals surface area contributed by atoms with Crippen LogP contribution in [-0.4, -0.2) is 65.2 Å². The summed E-state index contributed by atoms with van der Waals surface area (Å²) in [6, 6.07) is 5.87. The van der Waals surface area contributed by atoms with E-state index in [0.717, 1.165) is 46.1 Å². The van der Waals surface area contributed by atoms with E-state index >= 15 is 0 Å². The Hall–Kier alpha value is -2.58. The van der Waals surface area contributed by atoms with E-state index in [1.807, 2.05) is 17.0 Å². The van der Waals surface area contributed by atoms with Gasteiger partial charge in [-0.25, -0.2) is 15.0 Å². The fourth-order valence-corrected chi connectivity index (χ4v) is 5.26. The van der Waals surface area contributed by atoms with Crippen LogP contribution in [0.25, 0.3) is 10.2 Å². The normalized spacial score (nSPS) is 20.1. The molecule has 2 aliphatic heterocycles. The van der Waals surface area contributed by atoms with Crippen molar-refractivity contribution >= 4 is 33.4 Å². The van der Waals surface area contributed by atoms with Crippen molar-refractivity contribution in [3.05, 3.63) is 47.2 Å². The SMILES string of the molecule is O=C(c1sc2ncccc2c1[C@@H]1CCN(c2ncccn2)C1)N1CCOCC1. The van der Waals surface area contributed by atoms with Gasteiger partial charge in [-0.2, -0.15) is 0 Å². The van der Waals surface area contributed by atoms with E-state index in [1.165, 1.54) is 11.3 Å². The predicted molar refractivity (Wildman–Crippen MR) is 108 cm³/mol. The molecule has 2 aliphatic rings. The van der Waals surface area contributed by atoms with Gasteiger partial charge in [-0.1, -0.05) is 6.07 Å². The molecule has 0 radical (unpaired) electrons. The molecule has 5 rings (SSSR count). The highest BCUT2D eigenvalue weighted by Crippen LogP contribution is 2.40. The van der Waals surface area contributed by atoms with Crippen molar-refractivity contribution in [2.24, 2.45) is 0 Å². The van der Waals surface area contributed by atoms with Gasteiger partial charge >= 0.3 is 0 Å². The lowest BCUT2D eigenvalue weighted by molar-refractivity contribution is 0.0305. The maximum Gasteiger partial charge on any atom is 0.264 e. The van der Waals surface area contributed by atoms with E-state index in [4.69, 9.17) is 4.74 Å². The molecule has 0 saturated carbocycles. The number of hydrogen-bond acceptors (Lipinski definition) is 7. The van der Waals surface area contributed by atoms with Gasteiger partial charge in [0.05, 0.1) is 18.1 Å². The van der Waals surface area contributed by atoms with Gasteiger partial charge in [0.1, 0.15) is 4.83 Å². The number of morpholine rings is 1. The number of thiophene rings is 1. The largest absolute Gasteiger partial charge is 0.378 e. The fraction of sp³-hybridized carbons (Fsp3) is 0.400. The highest BCUT2D eigenvalue weighted by atomic mass is 32.1. The highest BCUT2D eigenvalue weighted by Gasteiger charge is 2.33. The monoisotopic (exact) mass is 395 g/mol. The number of hydrogen-bond donors (Lipinski definition) is 0. The summed E-state index contributed by atoms with van der Waals surface area (Å²) in [5, 5.41) is 1.10. The van der Waals surface area contributed by atoms with Crippen molar-refractivity contribution in [3.8, 4) is 0 Å². The van der Waals surface area contributed by atoms with Gasteiger partial charge in [-0.05, 0) is 24.1 Å². The highest BCUT2D eigenvalue weighted by molar-refractivity contribution is 7.20. The zero-order valence-corrected chi connectivity index (χ0v) is 16.3. The number of anilines is 1. The first-order valence-electron chi connectivity index (χ1n) is 9.57. The zero-order chi connectivity index (χ0) is 18.9. The number of ether oxygens (including phenoxy) is 1. The molecule has 0 aliphatic carbocycles. The average Bonchev–Trinajstić information content (AvgIpc) is 3.39. The molecule has 7 nitrogen and oxygen atoms in total. The number of pyridine rings is 1. The summed E-state index contributed by atoms with van der Waals surface area (Å²) in [4.78, 5) is 32.5. The summed E-state index contributed by atoms with van der Waals surface area (Å²) in [5.41, 5.74) is 1.14. The molecule has 0 spiro atoms. The lowest BCUT2D eigenvalue weighted by Crippen LogP contribution is -2.40. The lowest BCUT2D eigenvalue weighted by Gasteiger charge is -2.27. The van der Waals surface area contributed by atoms with Crippen LogP contribution in [0.15, 0.2) is 36.8 Å². The first-order chi connectivity index (χ1) is 13.8. The van der Waals surface area contributed by atoms with Crippen molar-refractivity contribution in [2.45, 2.75) is 12.3 Å². The van der Waals surface area contributed by atoms with Crippen molar-refractivity contribution in [2.75, 3.05) is 44.3 Å². The molecule has 3 aromatic heterocycles. The van der Waals surface area contributed by atoms with E-state index in [2.05, 4.69) is 25.9 Å². The van der Waals surface area contributed by atoms with E-state index in [1.54, 1.807) is 18.6 Å². The number of amides is 1. The molecule has 0 aromatic carbocycles. The quantitative estimate of drug-likeness (QED) is 0.679. The van der Waals surface area contributed by atoms with Gasteiger partial charge in [0.2, 0.25) is 5.95 Å². The van der Waals surface area contributed by atoms with Crippen LogP contribution in [0.4, 0.5) is 5.95 Å². The van der Waals surface area contributed by atoms with Gasteiger partial charge in [0.15, 0.2) is 0 Å². The third kappa shape index (κ3) is 3.12. The van der Waals surface area contributed by atoms with Crippen molar-refractivity contribution in [3.63, 3.8) is 0 Å². The molecule has 1 atom stereocenters. The number of carbonyl (C=O) groups is 1. The van der Waals surface area contributed by atoms with Crippen LogP contribution < -0.4 is 4.90 Å². The van der Waals surface area contributed by atoms with Gasteiger partial charge < -0.3 is 14.5 Å². The molecule has 0 bridgehead atoms. The Morgan fingerprint density at radius 1 is 1.07 bits per heavy atom. The summed E-state index contributed by atoms with van der Waals surface area (Å²) >= 11 is 1.52. The summed E-state index contributed by atoms with van der Waals surface area (Å²) in [6.45, 7) is 4.20. The van der Waals surface area contributed by atoms with E-state index < -0.39 is 0 Å². The summed E-state index contributed by atoms with van der Waals surface area (Å²) in [5.74, 6) is 1.13. The van der Waals surface area contributed by atoms with Crippen molar-refractivity contribution < 1.29 is 9.53 Å². The van der Waals surface area contributed by atoms with Crippen LogP contribution >= 0.6 is 11.3 Å². The molecule has 8 heteroatoms.